The lowest BCUT2D eigenvalue weighted by atomic mass is 10.0. The Morgan fingerprint density at radius 2 is 2.03 bits per heavy atom. The van der Waals surface area contributed by atoms with Crippen molar-refractivity contribution in [3.63, 3.8) is 0 Å². The number of carbonyl (C=O) groups is 1. The second-order valence-corrected chi connectivity index (χ2v) is 8.06. The Morgan fingerprint density at radius 3 is 2.83 bits per heavy atom. The zero-order chi connectivity index (χ0) is 20.2. The molecule has 1 unspecified atom stereocenters. The van der Waals surface area contributed by atoms with E-state index < -0.39 is 0 Å². The molecule has 2 aliphatic heterocycles. The van der Waals surface area contributed by atoms with E-state index in [9.17, 15) is 4.79 Å². The molecule has 5 nitrogen and oxygen atoms in total. The summed E-state index contributed by atoms with van der Waals surface area (Å²) < 4.78 is 0. The van der Waals surface area contributed by atoms with Gasteiger partial charge in [-0.15, -0.1) is 0 Å². The van der Waals surface area contributed by atoms with E-state index in [-0.39, 0.29) is 18.0 Å². The van der Waals surface area contributed by atoms with Gasteiger partial charge in [-0.2, -0.15) is 5.26 Å². The molecule has 0 saturated carbocycles. The Morgan fingerprint density at radius 1 is 1.21 bits per heavy atom. The number of nitrogens with one attached hydrogen (secondary N) is 1. The van der Waals surface area contributed by atoms with E-state index in [2.05, 4.69) is 65.7 Å². The first-order valence-electron chi connectivity index (χ1n) is 10.5. The smallest absolute Gasteiger partial charge is 0.237 e. The van der Waals surface area contributed by atoms with Crippen LogP contribution in [0.25, 0.3) is 11.1 Å². The van der Waals surface area contributed by atoms with E-state index in [1.807, 2.05) is 6.07 Å². The van der Waals surface area contributed by atoms with Crippen LogP contribution in [0.3, 0.4) is 0 Å². The molecule has 1 N–H and O–H groups in total. The van der Waals surface area contributed by atoms with Gasteiger partial charge < -0.3 is 15.1 Å². The number of fused-ring (bicyclic) bond motifs is 1. The summed E-state index contributed by atoms with van der Waals surface area (Å²) in [7, 11) is 0. The summed E-state index contributed by atoms with van der Waals surface area (Å²) >= 11 is 0. The molecule has 2 aromatic carbocycles. The van der Waals surface area contributed by atoms with Crippen molar-refractivity contribution >= 4 is 11.6 Å². The van der Waals surface area contributed by atoms with Gasteiger partial charge in [0, 0.05) is 31.4 Å². The van der Waals surface area contributed by atoms with Crippen molar-refractivity contribution < 1.29 is 4.79 Å². The fourth-order valence-corrected chi connectivity index (χ4v) is 4.43. The van der Waals surface area contributed by atoms with Crippen LogP contribution < -0.4 is 10.2 Å². The van der Waals surface area contributed by atoms with Crippen molar-refractivity contribution in [3.8, 4) is 17.2 Å². The molecule has 2 aliphatic rings. The monoisotopic (exact) mass is 388 g/mol. The maximum Gasteiger partial charge on any atom is 0.237 e. The summed E-state index contributed by atoms with van der Waals surface area (Å²) in [6, 6.07) is 19.4. The molecule has 0 bridgehead atoms. The van der Waals surface area contributed by atoms with Gasteiger partial charge in [-0.1, -0.05) is 36.4 Å². The minimum absolute atomic E-state index is 0.0372. The third-order valence-electron chi connectivity index (χ3n) is 6.00. The molecule has 1 saturated heterocycles. The molecule has 0 spiro atoms. The molecule has 1 amide bonds. The summed E-state index contributed by atoms with van der Waals surface area (Å²) in [4.78, 5) is 16.5. The largest absolute Gasteiger partial charge is 0.369 e. The Balaban J connectivity index is 1.33. The maximum absolute atomic E-state index is 12.4. The van der Waals surface area contributed by atoms with Crippen LogP contribution >= 0.6 is 0 Å². The quantitative estimate of drug-likeness (QED) is 0.826. The van der Waals surface area contributed by atoms with E-state index in [0.29, 0.717) is 13.1 Å². The first kappa shape index (κ1) is 19.5. The van der Waals surface area contributed by atoms with Gasteiger partial charge in [0.2, 0.25) is 5.91 Å². The van der Waals surface area contributed by atoms with Crippen LogP contribution in [0.4, 0.5) is 5.69 Å². The number of hydrogen-bond acceptors (Lipinski definition) is 4. The molecule has 2 atom stereocenters. The van der Waals surface area contributed by atoms with Crippen molar-refractivity contribution in [3.05, 3.63) is 54.1 Å². The summed E-state index contributed by atoms with van der Waals surface area (Å²) in [5.74, 6) is 0.0372. The van der Waals surface area contributed by atoms with E-state index in [1.54, 1.807) is 4.90 Å². The van der Waals surface area contributed by atoms with Crippen LogP contribution in [0.15, 0.2) is 48.5 Å². The number of benzene rings is 2. The number of rotatable bonds is 6. The van der Waals surface area contributed by atoms with Crippen molar-refractivity contribution in [2.75, 3.05) is 31.1 Å². The maximum atomic E-state index is 12.4. The summed E-state index contributed by atoms with van der Waals surface area (Å²) in [6.07, 6.45) is 2.78. The van der Waals surface area contributed by atoms with E-state index in [1.165, 1.54) is 22.4 Å². The van der Waals surface area contributed by atoms with Crippen LogP contribution in [-0.2, 0) is 11.2 Å². The van der Waals surface area contributed by atoms with E-state index in [0.717, 1.165) is 32.4 Å². The van der Waals surface area contributed by atoms with Crippen molar-refractivity contribution in [1.29, 1.82) is 5.26 Å². The number of carbonyl (C=O) groups excluding carboxylic acids is 1. The van der Waals surface area contributed by atoms with Gasteiger partial charge in [0.15, 0.2) is 0 Å². The zero-order valence-electron chi connectivity index (χ0n) is 17.0. The minimum atomic E-state index is -0.246. The highest BCUT2D eigenvalue weighted by atomic mass is 16.2. The normalized spacial score (nSPS) is 19.1. The zero-order valence-corrected chi connectivity index (χ0v) is 17.0. The third-order valence-corrected chi connectivity index (χ3v) is 6.00. The number of hydrogen-bond donors (Lipinski definition) is 1. The van der Waals surface area contributed by atoms with Crippen LogP contribution in [0.1, 0.15) is 25.3 Å². The standard InChI is InChI=1S/C24H28N4O/c1-18(26-16-24(29)28-12-5-8-22(28)15-25)17-27-13-11-21-14-20(9-10-23(21)27)19-6-3-2-4-7-19/h2-4,6-7,9-10,14,18,22,26H,5,8,11-13,16-17H2,1H3/t18?,22-/m0/s1. The average Bonchev–Trinajstić information content (AvgIpc) is 3.39. The second-order valence-electron chi connectivity index (χ2n) is 8.06. The first-order chi connectivity index (χ1) is 14.2. The molecular formula is C24H28N4O. The van der Waals surface area contributed by atoms with Crippen molar-refractivity contribution in [2.24, 2.45) is 0 Å². The van der Waals surface area contributed by atoms with E-state index in [4.69, 9.17) is 5.26 Å². The highest BCUT2D eigenvalue weighted by Gasteiger charge is 2.28. The topological polar surface area (TPSA) is 59.4 Å². The first-order valence-corrected chi connectivity index (χ1v) is 10.5. The Hall–Kier alpha value is -2.84. The van der Waals surface area contributed by atoms with Crippen molar-refractivity contribution in [1.82, 2.24) is 10.2 Å². The Labute approximate surface area is 172 Å². The Bertz CT molecular complexity index is 905. The van der Waals surface area contributed by atoms with Gasteiger partial charge in [-0.25, -0.2) is 0 Å². The SMILES string of the molecule is CC(CN1CCc2cc(-c3ccccc3)ccc21)NCC(=O)N1CCC[C@H]1C#N. The molecule has 2 aromatic rings. The molecule has 0 radical (unpaired) electrons. The molecule has 2 heterocycles. The lowest BCUT2D eigenvalue weighted by Crippen LogP contribution is -2.45. The van der Waals surface area contributed by atoms with Gasteiger partial charge >= 0.3 is 0 Å². The number of anilines is 1. The predicted molar refractivity (Wildman–Crippen MR) is 116 cm³/mol. The second kappa shape index (κ2) is 8.67. The van der Waals surface area contributed by atoms with Gasteiger partial charge in [0.25, 0.3) is 0 Å². The molecule has 5 heteroatoms. The highest BCUT2D eigenvalue weighted by molar-refractivity contribution is 5.79. The average molecular weight is 389 g/mol. The van der Waals surface area contributed by atoms with Crippen LogP contribution in [0, 0.1) is 11.3 Å². The molecule has 29 heavy (non-hydrogen) atoms. The van der Waals surface area contributed by atoms with Gasteiger partial charge in [-0.05, 0) is 55.0 Å². The van der Waals surface area contributed by atoms with Gasteiger partial charge in [0.1, 0.15) is 6.04 Å². The summed E-state index contributed by atoms with van der Waals surface area (Å²) in [5.41, 5.74) is 5.21. The summed E-state index contributed by atoms with van der Waals surface area (Å²) in [5, 5.41) is 12.5. The van der Waals surface area contributed by atoms with Crippen LogP contribution in [0.2, 0.25) is 0 Å². The molecule has 0 aliphatic carbocycles. The third kappa shape index (κ3) is 4.28. The molecule has 0 aromatic heterocycles. The predicted octanol–water partition coefficient (Wildman–Crippen LogP) is 3.21. The Kier molecular flexibility index (Phi) is 5.82. The molecule has 1 fully saturated rings. The molecular weight excluding hydrogens is 360 g/mol. The van der Waals surface area contributed by atoms with Gasteiger partial charge in [-0.3, -0.25) is 4.79 Å². The minimum Gasteiger partial charge on any atom is -0.369 e. The molecule has 150 valence electrons. The fraction of sp³-hybridized carbons (Fsp3) is 0.417. The lowest BCUT2D eigenvalue weighted by molar-refractivity contribution is -0.130. The van der Waals surface area contributed by atoms with Crippen LogP contribution in [0.5, 0.6) is 0 Å². The van der Waals surface area contributed by atoms with Crippen LogP contribution in [-0.4, -0.2) is 49.1 Å². The highest BCUT2D eigenvalue weighted by Crippen LogP contribution is 2.32. The number of amides is 1. The molecule has 4 rings (SSSR count). The summed E-state index contributed by atoms with van der Waals surface area (Å²) in [6.45, 7) is 5.00. The number of nitrogens with zero attached hydrogens (tertiary/aromatic N) is 3. The number of nitriles is 1. The van der Waals surface area contributed by atoms with E-state index >= 15 is 0 Å². The fourth-order valence-electron chi connectivity index (χ4n) is 4.43. The lowest BCUT2D eigenvalue weighted by Gasteiger charge is -2.26. The number of likely N-dealkylation sites (tertiary alicyclic amines) is 1. The van der Waals surface area contributed by atoms with Gasteiger partial charge in [0.05, 0.1) is 12.6 Å². The van der Waals surface area contributed by atoms with Crippen molar-refractivity contribution in [2.45, 2.75) is 38.3 Å².